The van der Waals surface area contributed by atoms with Crippen LogP contribution in [-0.2, 0) is 19.0 Å². The molecule has 1 amide bonds. The first-order chi connectivity index (χ1) is 9.70. The molecule has 0 aromatic carbocycles. The molecule has 0 spiro atoms. The molecule has 2 rings (SSSR count). The molecule has 3 unspecified atom stereocenters. The third-order valence-corrected chi connectivity index (χ3v) is 3.73. The van der Waals surface area contributed by atoms with E-state index in [2.05, 4.69) is 10.6 Å². The van der Waals surface area contributed by atoms with Crippen LogP contribution in [0.3, 0.4) is 0 Å². The van der Waals surface area contributed by atoms with Crippen LogP contribution in [-0.4, -0.2) is 75.4 Å². The maximum absolute atomic E-state index is 11.3. The summed E-state index contributed by atoms with van der Waals surface area (Å²) in [5.41, 5.74) is 0. The first-order valence-corrected chi connectivity index (χ1v) is 7.10. The van der Waals surface area contributed by atoms with Crippen LogP contribution in [0.4, 0.5) is 0 Å². The van der Waals surface area contributed by atoms with Gasteiger partial charge in [0, 0.05) is 32.9 Å². The Morgan fingerprint density at radius 1 is 1.40 bits per heavy atom. The third-order valence-electron chi connectivity index (χ3n) is 3.73. The van der Waals surface area contributed by atoms with Gasteiger partial charge in [-0.1, -0.05) is 0 Å². The average molecular weight is 288 g/mol. The maximum Gasteiger partial charge on any atom is 0.246 e. The monoisotopic (exact) mass is 288 g/mol. The van der Waals surface area contributed by atoms with E-state index < -0.39 is 6.10 Å². The quantitative estimate of drug-likeness (QED) is 0.560. The van der Waals surface area contributed by atoms with Crippen LogP contribution in [0.1, 0.15) is 12.8 Å². The average Bonchev–Trinajstić information content (AvgIpc) is 2.79. The number of methoxy groups -OCH3 is 1. The molecule has 20 heavy (non-hydrogen) atoms. The van der Waals surface area contributed by atoms with E-state index in [0.29, 0.717) is 19.2 Å². The van der Waals surface area contributed by atoms with Crippen LogP contribution in [0.5, 0.6) is 0 Å². The van der Waals surface area contributed by atoms with Gasteiger partial charge in [0.25, 0.3) is 0 Å². The fraction of sp³-hybridized carbons (Fsp3) is 0.923. The molecule has 2 aliphatic heterocycles. The first kappa shape index (κ1) is 15.7. The van der Waals surface area contributed by atoms with Crippen LogP contribution in [0.15, 0.2) is 0 Å². The van der Waals surface area contributed by atoms with E-state index in [1.165, 1.54) is 7.11 Å². The lowest BCUT2D eigenvalue weighted by molar-refractivity contribution is -0.125. The van der Waals surface area contributed by atoms with Gasteiger partial charge in [0.05, 0.1) is 18.8 Å². The van der Waals surface area contributed by atoms with Gasteiger partial charge in [-0.05, 0) is 12.8 Å². The van der Waals surface area contributed by atoms with Crippen molar-refractivity contribution in [1.29, 1.82) is 0 Å². The van der Waals surface area contributed by atoms with Crippen molar-refractivity contribution >= 4 is 5.91 Å². The summed E-state index contributed by atoms with van der Waals surface area (Å²) >= 11 is 0. The smallest absolute Gasteiger partial charge is 0.246 e. The summed E-state index contributed by atoms with van der Waals surface area (Å²) in [4.78, 5) is 11.3. The van der Waals surface area contributed by atoms with Crippen LogP contribution in [0.25, 0.3) is 0 Å². The Balaban J connectivity index is 1.71. The van der Waals surface area contributed by atoms with Crippen molar-refractivity contribution in [2.24, 2.45) is 0 Å². The standard InChI is InChI=1S/C13H24N2O5/c1-18-8-12(16)14-6-11-13(17)10(7-20-11)15-9-2-4-19-5-3-9/h9-11,13,15,17H,2-8H2,1H3,(H,14,16). The van der Waals surface area contributed by atoms with E-state index in [1.807, 2.05) is 0 Å². The fourth-order valence-corrected chi connectivity index (χ4v) is 2.57. The summed E-state index contributed by atoms with van der Waals surface area (Å²) in [6.45, 7) is 2.31. The highest BCUT2D eigenvalue weighted by atomic mass is 16.5. The number of carbonyl (C=O) groups excluding carboxylic acids is 1. The van der Waals surface area contributed by atoms with Gasteiger partial charge in [0.1, 0.15) is 12.7 Å². The summed E-state index contributed by atoms with van der Waals surface area (Å²) in [6, 6.07) is 0.288. The van der Waals surface area contributed by atoms with E-state index in [0.717, 1.165) is 26.1 Å². The van der Waals surface area contributed by atoms with Crippen LogP contribution >= 0.6 is 0 Å². The van der Waals surface area contributed by atoms with Gasteiger partial charge < -0.3 is 30.0 Å². The number of aliphatic hydroxyl groups is 1. The molecule has 0 aromatic heterocycles. The summed E-state index contributed by atoms with van der Waals surface area (Å²) in [7, 11) is 1.47. The highest BCUT2D eigenvalue weighted by Crippen LogP contribution is 2.16. The van der Waals surface area contributed by atoms with Gasteiger partial charge in [-0.15, -0.1) is 0 Å². The van der Waals surface area contributed by atoms with Gasteiger partial charge in [0.2, 0.25) is 5.91 Å². The number of ether oxygens (including phenoxy) is 3. The SMILES string of the molecule is COCC(=O)NCC1OCC(NC2CCOCC2)C1O. The topological polar surface area (TPSA) is 89.1 Å². The fourth-order valence-electron chi connectivity index (χ4n) is 2.57. The molecule has 2 heterocycles. The van der Waals surface area contributed by atoms with E-state index in [-0.39, 0.29) is 24.7 Å². The molecule has 0 saturated carbocycles. The molecule has 2 aliphatic rings. The molecule has 7 nitrogen and oxygen atoms in total. The normalized spacial score (nSPS) is 31.4. The van der Waals surface area contributed by atoms with Gasteiger partial charge in [0.15, 0.2) is 0 Å². The van der Waals surface area contributed by atoms with E-state index >= 15 is 0 Å². The number of rotatable bonds is 6. The number of aliphatic hydroxyl groups excluding tert-OH is 1. The van der Waals surface area contributed by atoms with Crippen molar-refractivity contribution in [3.63, 3.8) is 0 Å². The number of hydrogen-bond acceptors (Lipinski definition) is 6. The van der Waals surface area contributed by atoms with E-state index in [4.69, 9.17) is 14.2 Å². The Kier molecular flexibility index (Phi) is 6.18. The molecule has 116 valence electrons. The minimum Gasteiger partial charge on any atom is -0.389 e. The molecule has 3 atom stereocenters. The zero-order valence-electron chi connectivity index (χ0n) is 11.8. The van der Waals surface area contributed by atoms with E-state index in [9.17, 15) is 9.90 Å². The maximum atomic E-state index is 11.3. The Morgan fingerprint density at radius 2 is 2.15 bits per heavy atom. The van der Waals surface area contributed by atoms with Crippen molar-refractivity contribution < 1.29 is 24.1 Å². The zero-order chi connectivity index (χ0) is 14.4. The summed E-state index contributed by atoms with van der Waals surface area (Å²) in [6.07, 6.45) is 0.936. The number of nitrogens with one attached hydrogen (secondary N) is 2. The van der Waals surface area contributed by atoms with Gasteiger partial charge in [-0.2, -0.15) is 0 Å². The second-order valence-electron chi connectivity index (χ2n) is 5.26. The first-order valence-electron chi connectivity index (χ1n) is 7.10. The van der Waals surface area contributed by atoms with Crippen LogP contribution in [0.2, 0.25) is 0 Å². The largest absolute Gasteiger partial charge is 0.389 e. The van der Waals surface area contributed by atoms with E-state index in [1.54, 1.807) is 0 Å². The van der Waals surface area contributed by atoms with Gasteiger partial charge in [-0.3, -0.25) is 4.79 Å². The summed E-state index contributed by atoms with van der Waals surface area (Å²) in [5.74, 6) is -0.205. The van der Waals surface area contributed by atoms with Crippen molar-refractivity contribution in [1.82, 2.24) is 10.6 Å². The van der Waals surface area contributed by atoms with Crippen LogP contribution in [0, 0.1) is 0 Å². The van der Waals surface area contributed by atoms with Crippen LogP contribution < -0.4 is 10.6 Å². The third kappa shape index (κ3) is 4.39. The highest BCUT2D eigenvalue weighted by molar-refractivity contribution is 5.77. The number of hydrogen-bond donors (Lipinski definition) is 3. The Labute approximate surface area is 119 Å². The Hall–Kier alpha value is -0.730. The van der Waals surface area contributed by atoms with Crippen molar-refractivity contribution in [2.75, 3.05) is 40.1 Å². The molecule has 0 aliphatic carbocycles. The minimum absolute atomic E-state index is 0.0204. The predicted octanol–water partition coefficient (Wildman–Crippen LogP) is -1.35. The molecule has 2 saturated heterocycles. The number of carbonyl (C=O) groups is 1. The minimum atomic E-state index is -0.610. The Morgan fingerprint density at radius 3 is 2.85 bits per heavy atom. The van der Waals surface area contributed by atoms with Gasteiger partial charge >= 0.3 is 0 Å². The predicted molar refractivity (Wildman–Crippen MR) is 71.4 cm³/mol. The highest BCUT2D eigenvalue weighted by Gasteiger charge is 2.37. The van der Waals surface area contributed by atoms with Gasteiger partial charge in [-0.25, -0.2) is 0 Å². The van der Waals surface area contributed by atoms with Crippen molar-refractivity contribution in [3.8, 4) is 0 Å². The number of amides is 1. The lowest BCUT2D eigenvalue weighted by atomic mass is 10.0. The van der Waals surface area contributed by atoms with Crippen molar-refractivity contribution in [3.05, 3.63) is 0 Å². The molecule has 3 N–H and O–H groups in total. The molecule has 0 radical (unpaired) electrons. The zero-order valence-corrected chi connectivity index (χ0v) is 11.8. The molecular formula is C13H24N2O5. The second kappa shape index (κ2) is 7.90. The summed E-state index contributed by atoms with van der Waals surface area (Å²) < 4.78 is 15.6. The lowest BCUT2D eigenvalue weighted by Crippen LogP contribution is -2.49. The second-order valence-corrected chi connectivity index (χ2v) is 5.26. The summed E-state index contributed by atoms with van der Waals surface area (Å²) in [5, 5.41) is 16.3. The molecule has 2 fully saturated rings. The lowest BCUT2D eigenvalue weighted by Gasteiger charge is -2.27. The van der Waals surface area contributed by atoms with Crippen molar-refractivity contribution in [2.45, 2.75) is 37.1 Å². The molecule has 7 heteroatoms. The Bertz CT molecular complexity index is 309. The molecule has 0 bridgehead atoms. The molecular weight excluding hydrogens is 264 g/mol. The molecule has 0 aromatic rings.